The Balaban J connectivity index is 0. The maximum atomic E-state index is 4.60. The summed E-state index contributed by atoms with van der Waals surface area (Å²) in [5.41, 5.74) is 0. The van der Waals surface area contributed by atoms with E-state index in [9.17, 15) is 0 Å². The van der Waals surface area contributed by atoms with Crippen LogP contribution in [0.5, 0.6) is 0 Å². The fourth-order valence-electron chi connectivity index (χ4n) is 0.326. The molecule has 0 aliphatic carbocycles. The normalized spacial score (nSPS) is 9.00. The molecule has 0 nitrogen and oxygen atoms in total. The van der Waals surface area contributed by atoms with Crippen LogP contribution in [0.2, 0.25) is 0 Å². The van der Waals surface area contributed by atoms with Crippen molar-refractivity contribution in [3.8, 4) is 12.3 Å². The predicted molar refractivity (Wildman–Crippen MR) is 48.8 cm³/mol. The van der Waals surface area contributed by atoms with E-state index >= 15 is 0 Å². The average Bonchev–Trinajstić information content (AvgIpc) is 1.91. The highest BCUT2D eigenvalue weighted by atomic mass is 13.6. The van der Waals surface area contributed by atoms with Crippen molar-refractivity contribution in [2.24, 2.45) is 0 Å². The first-order chi connectivity index (χ1) is 4.83. The van der Waals surface area contributed by atoms with Gasteiger partial charge < -0.3 is 0 Å². The van der Waals surface area contributed by atoms with Gasteiger partial charge in [-0.2, -0.15) is 0 Å². The molecule has 0 aromatic heterocycles. The molecule has 0 heterocycles. The van der Waals surface area contributed by atoms with Crippen molar-refractivity contribution in [1.29, 1.82) is 0 Å². The Kier molecular flexibility index (Phi) is 18.5. The quantitative estimate of drug-likeness (QED) is 0.404. The molecular formula is C10H16. The number of terminal acetylenes is 1. The third kappa shape index (κ3) is 27.8. The summed E-state index contributed by atoms with van der Waals surface area (Å²) in [4.78, 5) is 0. The van der Waals surface area contributed by atoms with Gasteiger partial charge in [-0.05, 0) is 20.3 Å². The van der Waals surface area contributed by atoms with E-state index in [0.29, 0.717) is 0 Å². The highest BCUT2D eigenvalue weighted by molar-refractivity contribution is 5.00. The zero-order valence-electron chi connectivity index (χ0n) is 7.09. The van der Waals surface area contributed by atoms with E-state index < -0.39 is 0 Å². The van der Waals surface area contributed by atoms with Crippen molar-refractivity contribution in [1.82, 2.24) is 0 Å². The summed E-state index contributed by atoms with van der Waals surface area (Å²) in [5.74, 6) is 2.25. The molecule has 0 unspecified atom stereocenters. The molecule has 0 rings (SSSR count). The molecule has 0 saturated carbocycles. The highest BCUT2D eigenvalue weighted by Crippen LogP contribution is 1.79. The zero-order chi connectivity index (χ0) is 8.24. The molecule has 0 bridgehead atoms. The van der Waals surface area contributed by atoms with Gasteiger partial charge in [0.1, 0.15) is 0 Å². The molecule has 0 fully saturated rings. The molecule has 10 heavy (non-hydrogen) atoms. The number of hydrogen-bond acceptors (Lipinski definition) is 0. The first-order valence-corrected chi connectivity index (χ1v) is 3.48. The van der Waals surface area contributed by atoms with E-state index in [0.717, 1.165) is 6.42 Å². The third-order valence-corrected chi connectivity index (χ3v) is 0.675. The minimum atomic E-state index is 1.13. The summed E-state index contributed by atoms with van der Waals surface area (Å²) in [6.07, 6.45) is 14.0. The molecule has 0 aromatic rings. The van der Waals surface area contributed by atoms with Gasteiger partial charge in [-0.3, -0.25) is 0 Å². The first kappa shape index (κ1) is 11.8. The molecule has 0 spiro atoms. The SMILES string of the molecule is C#CC.C/C=C\C=C/CC. The lowest BCUT2D eigenvalue weighted by Gasteiger charge is -1.70. The van der Waals surface area contributed by atoms with E-state index in [2.05, 4.69) is 31.4 Å². The molecule has 56 valence electrons. The Labute approximate surface area is 64.6 Å². The van der Waals surface area contributed by atoms with Crippen LogP contribution in [-0.2, 0) is 0 Å². The summed E-state index contributed by atoms with van der Waals surface area (Å²) < 4.78 is 0. The second kappa shape index (κ2) is 15.7. The number of rotatable bonds is 2. The molecule has 0 aromatic carbocycles. The lowest BCUT2D eigenvalue weighted by atomic mass is 10.4. The highest BCUT2D eigenvalue weighted by Gasteiger charge is 1.57. The van der Waals surface area contributed by atoms with Crippen LogP contribution in [0.3, 0.4) is 0 Å². The molecule has 0 amide bonds. The summed E-state index contributed by atoms with van der Waals surface area (Å²) in [5, 5.41) is 0. The van der Waals surface area contributed by atoms with Gasteiger partial charge >= 0.3 is 0 Å². The molecule has 0 aliphatic rings. The van der Waals surface area contributed by atoms with Crippen molar-refractivity contribution in [2.45, 2.75) is 27.2 Å². The molecule has 0 radical (unpaired) electrons. The van der Waals surface area contributed by atoms with Crippen LogP contribution in [0.1, 0.15) is 27.2 Å². The van der Waals surface area contributed by atoms with Crippen LogP contribution in [-0.4, -0.2) is 0 Å². The van der Waals surface area contributed by atoms with Crippen LogP contribution in [0.4, 0.5) is 0 Å². The predicted octanol–water partition coefficient (Wildman–Crippen LogP) is 3.17. The van der Waals surface area contributed by atoms with Crippen molar-refractivity contribution >= 4 is 0 Å². The van der Waals surface area contributed by atoms with E-state index in [1.807, 2.05) is 19.1 Å². The van der Waals surface area contributed by atoms with Crippen LogP contribution < -0.4 is 0 Å². The Morgan fingerprint density at radius 3 is 2.20 bits per heavy atom. The minimum absolute atomic E-state index is 1.13. The van der Waals surface area contributed by atoms with Gasteiger partial charge in [-0.25, -0.2) is 0 Å². The monoisotopic (exact) mass is 136 g/mol. The maximum absolute atomic E-state index is 4.60. The third-order valence-electron chi connectivity index (χ3n) is 0.675. The van der Waals surface area contributed by atoms with Crippen molar-refractivity contribution < 1.29 is 0 Å². The second-order valence-electron chi connectivity index (χ2n) is 1.65. The molecule has 0 N–H and O–H groups in total. The van der Waals surface area contributed by atoms with E-state index in [4.69, 9.17) is 0 Å². The second-order valence-corrected chi connectivity index (χ2v) is 1.65. The lowest BCUT2D eigenvalue weighted by molar-refractivity contribution is 1.22. The standard InChI is InChI=1S/C7H12.C3H4/c1-3-5-7-6-4-2;1-3-2/h3,5-7H,4H2,1-2H3;1H,2H3/b5-3-,7-6-;. The molecule has 0 heteroatoms. The van der Waals surface area contributed by atoms with E-state index in [-0.39, 0.29) is 0 Å². The van der Waals surface area contributed by atoms with E-state index in [1.165, 1.54) is 0 Å². The summed E-state index contributed by atoms with van der Waals surface area (Å²) in [7, 11) is 0. The van der Waals surface area contributed by atoms with Crippen molar-refractivity contribution in [3.05, 3.63) is 24.3 Å². The van der Waals surface area contributed by atoms with Gasteiger partial charge in [0, 0.05) is 0 Å². The maximum Gasteiger partial charge on any atom is -0.00297 e. The van der Waals surface area contributed by atoms with Crippen LogP contribution >= 0.6 is 0 Å². The zero-order valence-corrected chi connectivity index (χ0v) is 7.09. The summed E-state index contributed by atoms with van der Waals surface area (Å²) >= 11 is 0. The molecule has 0 aliphatic heterocycles. The Hall–Kier alpha value is -0.960. The van der Waals surface area contributed by atoms with Crippen LogP contribution in [0, 0.1) is 12.3 Å². The van der Waals surface area contributed by atoms with Gasteiger partial charge in [0.25, 0.3) is 0 Å². The largest absolute Gasteiger partial charge is 0.120 e. The smallest absolute Gasteiger partial charge is 0.00297 e. The number of hydrogen-bond donors (Lipinski definition) is 0. The minimum Gasteiger partial charge on any atom is -0.120 e. The average molecular weight is 136 g/mol. The lowest BCUT2D eigenvalue weighted by Crippen LogP contribution is -1.48. The molecule has 0 atom stereocenters. The summed E-state index contributed by atoms with van der Waals surface area (Å²) in [6, 6.07) is 0. The summed E-state index contributed by atoms with van der Waals surface area (Å²) in [6.45, 7) is 5.79. The van der Waals surface area contributed by atoms with Crippen LogP contribution in [0.25, 0.3) is 0 Å². The van der Waals surface area contributed by atoms with Gasteiger partial charge in [-0.15, -0.1) is 12.3 Å². The van der Waals surface area contributed by atoms with Gasteiger partial charge in [0.2, 0.25) is 0 Å². The van der Waals surface area contributed by atoms with Gasteiger partial charge in [0.05, 0.1) is 0 Å². The number of allylic oxidation sites excluding steroid dienone is 4. The van der Waals surface area contributed by atoms with Gasteiger partial charge in [-0.1, -0.05) is 31.2 Å². The Morgan fingerprint density at radius 1 is 1.40 bits per heavy atom. The first-order valence-electron chi connectivity index (χ1n) is 3.48. The fraction of sp³-hybridized carbons (Fsp3) is 0.400. The molecule has 0 saturated heterocycles. The molecular weight excluding hydrogens is 120 g/mol. The topological polar surface area (TPSA) is 0 Å². The Morgan fingerprint density at radius 2 is 1.90 bits per heavy atom. The van der Waals surface area contributed by atoms with E-state index in [1.54, 1.807) is 6.92 Å². The van der Waals surface area contributed by atoms with Crippen molar-refractivity contribution in [2.75, 3.05) is 0 Å². The van der Waals surface area contributed by atoms with Crippen molar-refractivity contribution in [3.63, 3.8) is 0 Å². The van der Waals surface area contributed by atoms with Crippen LogP contribution in [0.15, 0.2) is 24.3 Å². The fourth-order valence-corrected chi connectivity index (χ4v) is 0.326. The Bertz CT molecular complexity index is 121. The van der Waals surface area contributed by atoms with Gasteiger partial charge in [0.15, 0.2) is 0 Å².